The monoisotopic (exact) mass is 798 g/mol. The highest BCUT2D eigenvalue weighted by atomic mass is 15.2. The second-order valence-electron chi connectivity index (χ2n) is 16.6. The lowest BCUT2D eigenvalue weighted by molar-refractivity contribution is 0.490. The van der Waals surface area contributed by atoms with Crippen molar-refractivity contribution in [2.75, 3.05) is 13.6 Å². The minimum Gasteiger partial charge on any atom is -0.355 e. The van der Waals surface area contributed by atoms with E-state index < -0.39 is 0 Å². The van der Waals surface area contributed by atoms with Crippen LogP contribution in [0.3, 0.4) is 0 Å². The van der Waals surface area contributed by atoms with Gasteiger partial charge >= 0.3 is 0 Å². The zero-order chi connectivity index (χ0) is 41.8. The molecule has 0 fully saturated rings. The van der Waals surface area contributed by atoms with E-state index in [1.165, 1.54) is 82.4 Å². The number of likely N-dealkylation sites (N-methyl/N-ethyl adjacent to an activating group) is 1. The van der Waals surface area contributed by atoms with Gasteiger partial charge in [0, 0.05) is 48.7 Å². The maximum atomic E-state index is 4.88. The number of fused-ring (bicyclic) bond motifs is 7. The minimum atomic E-state index is -0.0860. The lowest BCUT2D eigenvalue weighted by Gasteiger charge is -2.30. The predicted molar refractivity (Wildman–Crippen MR) is 263 cm³/mol. The first kappa shape index (κ1) is 37.6. The number of aromatic nitrogens is 2. The molecule has 62 heavy (non-hydrogen) atoms. The summed E-state index contributed by atoms with van der Waals surface area (Å²) in [4.78, 5) is 16.5. The van der Waals surface area contributed by atoms with E-state index in [0.29, 0.717) is 0 Å². The molecule has 1 aliphatic carbocycles. The van der Waals surface area contributed by atoms with Crippen molar-refractivity contribution in [1.82, 2.24) is 14.9 Å². The molecule has 0 unspecified atom stereocenters. The van der Waals surface area contributed by atoms with Crippen LogP contribution in [0.2, 0.25) is 0 Å². The van der Waals surface area contributed by atoms with Crippen LogP contribution in [-0.2, 0) is 5.41 Å². The molecule has 1 aliphatic heterocycles. The van der Waals surface area contributed by atoms with Crippen molar-refractivity contribution in [2.24, 2.45) is 4.99 Å². The summed E-state index contributed by atoms with van der Waals surface area (Å²) in [6, 6.07) is 51.0. The molecule has 0 atom stereocenters. The van der Waals surface area contributed by atoms with Crippen LogP contribution in [0, 0.1) is 0 Å². The van der Waals surface area contributed by atoms with E-state index in [1.807, 2.05) is 24.7 Å². The molecule has 4 nitrogen and oxygen atoms in total. The Morgan fingerprint density at radius 3 is 1.39 bits per heavy atom. The number of nitrogens with zero attached hydrogens (tertiary/aromatic N) is 4. The number of hydrogen-bond donors (Lipinski definition) is 0. The van der Waals surface area contributed by atoms with Crippen molar-refractivity contribution in [3.8, 4) is 22.5 Å². The van der Waals surface area contributed by atoms with E-state index >= 15 is 0 Å². The van der Waals surface area contributed by atoms with Crippen molar-refractivity contribution in [3.63, 3.8) is 0 Å². The van der Waals surface area contributed by atoms with Crippen LogP contribution in [0.5, 0.6) is 0 Å². The third-order valence-electron chi connectivity index (χ3n) is 13.5. The SMILES string of the molecule is CCC1(CC)c2cc(/C=C/c3c4ccccc4c(C4=NC=CCN4C)c4ccccc34)ccc2-c2ccc(/C=C/c3c4ccccc4c(-c4ncccn4)c4ccccc34)cc21. The van der Waals surface area contributed by atoms with Gasteiger partial charge in [-0.2, -0.15) is 0 Å². The van der Waals surface area contributed by atoms with Gasteiger partial charge in [0.25, 0.3) is 0 Å². The van der Waals surface area contributed by atoms with Gasteiger partial charge in [-0.05, 0) is 113 Å². The van der Waals surface area contributed by atoms with Gasteiger partial charge in [0.15, 0.2) is 5.82 Å². The summed E-state index contributed by atoms with van der Waals surface area (Å²) in [5.41, 5.74) is 12.6. The molecule has 0 spiro atoms. The number of benzene rings is 8. The summed E-state index contributed by atoms with van der Waals surface area (Å²) >= 11 is 0. The zero-order valence-electron chi connectivity index (χ0n) is 35.3. The molecule has 2 aliphatic rings. The van der Waals surface area contributed by atoms with Crippen LogP contribution in [0.4, 0.5) is 0 Å². The Bertz CT molecular complexity index is 3250. The molecule has 2 heterocycles. The second kappa shape index (κ2) is 15.2. The molecule has 0 N–H and O–H groups in total. The van der Waals surface area contributed by atoms with Gasteiger partial charge in [0.1, 0.15) is 5.84 Å². The van der Waals surface area contributed by atoms with Gasteiger partial charge < -0.3 is 4.90 Å². The molecule has 1 aromatic heterocycles. The first-order valence-electron chi connectivity index (χ1n) is 21.8. The van der Waals surface area contributed by atoms with Crippen LogP contribution in [0.1, 0.15) is 65.6 Å². The first-order valence-corrected chi connectivity index (χ1v) is 21.8. The van der Waals surface area contributed by atoms with Crippen molar-refractivity contribution in [3.05, 3.63) is 203 Å². The first-order chi connectivity index (χ1) is 30.6. The molecule has 0 saturated heterocycles. The van der Waals surface area contributed by atoms with E-state index in [1.54, 1.807) is 0 Å². The van der Waals surface area contributed by atoms with Gasteiger partial charge in [-0.25, -0.2) is 15.0 Å². The molecule has 0 bridgehead atoms. The average molecular weight is 799 g/mol. The van der Waals surface area contributed by atoms with Crippen LogP contribution in [-0.4, -0.2) is 34.3 Å². The summed E-state index contributed by atoms with van der Waals surface area (Å²) < 4.78 is 0. The highest BCUT2D eigenvalue weighted by molar-refractivity contribution is 6.23. The lowest BCUT2D eigenvalue weighted by atomic mass is 9.73. The minimum absolute atomic E-state index is 0.0860. The molecular weight excluding hydrogens is 753 g/mol. The molecular formula is C58H46N4. The third-order valence-corrected chi connectivity index (χ3v) is 13.5. The van der Waals surface area contributed by atoms with Gasteiger partial charge in [0.05, 0.1) is 0 Å². The van der Waals surface area contributed by atoms with Crippen LogP contribution < -0.4 is 0 Å². The Kier molecular flexibility index (Phi) is 9.23. The van der Waals surface area contributed by atoms with E-state index in [9.17, 15) is 0 Å². The smallest absolute Gasteiger partial charge is 0.160 e. The van der Waals surface area contributed by atoms with Gasteiger partial charge in [-0.1, -0.05) is 172 Å². The molecule has 0 amide bonds. The Balaban J connectivity index is 0.982. The second-order valence-corrected chi connectivity index (χ2v) is 16.6. The summed E-state index contributed by atoms with van der Waals surface area (Å²) in [5.74, 6) is 1.76. The molecule has 11 rings (SSSR count). The van der Waals surface area contributed by atoms with Gasteiger partial charge in [0.2, 0.25) is 0 Å². The van der Waals surface area contributed by atoms with Gasteiger partial charge in [-0.15, -0.1) is 0 Å². The van der Waals surface area contributed by atoms with Crippen LogP contribution in [0.15, 0.2) is 169 Å². The van der Waals surface area contributed by atoms with Crippen molar-refractivity contribution in [2.45, 2.75) is 32.1 Å². The summed E-state index contributed by atoms with van der Waals surface area (Å²) in [7, 11) is 2.13. The quantitative estimate of drug-likeness (QED) is 0.114. The fourth-order valence-corrected chi connectivity index (χ4v) is 10.5. The fraction of sp³-hybridized carbons (Fsp3) is 0.121. The standard InChI is InChI=1S/C58H46N4/c1-4-58(5-2)52-36-38(24-28-44-40-16-6-10-20-48(40)54(56-59-32-14-33-60-56)49-21-11-7-17-41(44)49)26-30-46(52)47-31-27-39(37-53(47)58)25-29-45-42-18-8-12-22-50(42)55(51-23-13-9-19-43(45)51)57-61-34-15-35-62(57)3/h6-34,36-37H,4-5,35H2,1-3H3/b28-24+,29-25+. The molecule has 0 saturated carbocycles. The lowest BCUT2D eigenvalue weighted by Crippen LogP contribution is -2.29. The normalized spacial score (nSPS) is 14.4. The highest BCUT2D eigenvalue weighted by Crippen LogP contribution is 2.53. The fourth-order valence-electron chi connectivity index (χ4n) is 10.5. The number of aliphatic imine (C=N–C) groups is 1. The Morgan fingerprint density at radius 1 is 0.516 bits per heavy atom. The highest BCUT2D eigenvalue weighted by Gasteiger charge is 2.40. The molecule has 4 heteroatoms. The van der Waals surface area contributed by atoms with Crippen molar-refractivity contribution < 1.29 is 0 Å². The number of hydrogen-bond acceptors (Lipinski definition) is 4. The summed E-state index contributed by atoms with van der Waals surface area (Å²) in [6.07, 6.45) is 19.0. The Morgan fingerprint density at radius 2 is 0.952 bits per heavy atom. The molecule has 9 aromatic rings. The van der Waals surface area contributed by atoms with Crippen LogP contribution >= 0.6 is 0 Å². The van der Waals surface area contributed by atoms with E-state index in [4.69, 9.17) is 4.99 Å². The maximum Gasteiger partial charge on any atom is 0.160 e. The average Bonchev–Trinajstić information content (AvgIpc) is 3.60. The van der Waals surface area contributed by atoms with E-state index in [-0.39, 0.29) is 5.41 Å². The largest absolute Gasteiger partial charge is 0.355 e. The summed E-state index contributed by atoms with van der Waals surface area (Å²) in [5, 5.41) is 9.59. The van der Waals surface area contributed by atoms with Crippen LogP contribution in [0.25, 0.3) is 89.9 Å². The predicted octanol–water partition coefficient (Wildman–Crippen LogP) is 14.4. The van der Waals surface area contributed by atoms with Gasteiger partial charge in [-0.3, -0.25) is 0 Å². The third kappa shape index (κ3) is 5.93. The molecule has 298 valence electrons. The Hall–Kier alpha value is -7.43. The number of amidine groups is 1. The van der Waals surface area contributed by atoms with Crippen molar-refractivity contribution >= 4 is 73.2 Å². The van der Waals surface area contributed by atoms with E-state index in [2.05, 4.69) is 200 Å². The topological polar surface area (TPSA) is 41.4 Å². The molecule has 0 radical (unpaired) electrons. The Labute approximate surface area is 363 Å². The van der Waals surface area contributed by atoms with E-state index in [0.717, 1.165) is 47.4 Å². The zero-order valence-corrected chi connectivity index (χ0v) is 35.3. The molecule has 8 aromatic carbocycles. The summed E-state index contributed by atoms with van der Waals surface area (Å²) in [6.45, 7) is 5.55. The van der Waals surface area contributed by atoms with Crippen molar-refractivity contribution in [1.29, 1.82) is 0 Å². The maximum absolute atomic E-state index is 4.88. The number of rotatable bonds is 8.